The van der Waals surface area contributed by atoms with Crippen LogP contribution in [0.15, 0.2) is 30.3 Å². The molecular weight excluding hydrogens is 260 g/mol. The van der Waals surface area contributed by atoms with Gasteiger partial charge < -0.3 is 10.6 Å². The van der Waals surface area contributed by atoms with Crippen LogP contribution < -0.4 is 5.73 Å². The van der Waals surface area contributed by atoms with Gasteiger partial charge in [-0.2, -0.15) is 0 Å². The molecule has 3 heteroatoms. The van der Waals surface area contributed by atoms with E-state index in [0.29, 0.717) is 11.9 Å². The van der Waals surface area contributed by atoms with E-state index in [4.69, 9.17) is 5.73 Å². The Morgan fingerprint density at radius 1 is 1.05 bits per heavy atom. The molecule has 0 aromatic heterocycles. The summed E-state index contributed by atoms with van der Waals surface area (Å²) in [6.07, 6.45) is 7.82. The Kier molecular flexibility index (Phi) is 4.59. The smallest absolute Gasteiger partial charge is 0.227 e. The molecule has 0 radical (unpaired) electrons. The zero-order chi connectivity index (χ0) is 14.7. The van der Waals surface area contributed by atoms with Gasteiger partial charge >= 0.3 is 0 Å². The van der Waals surface area contributed by atoms with Gasteiger partial charge in [-0.05, 0) is 31.2 Å². The molecule has 2 saturated carbocycles. The largest absolute Gasteiger partial charge is 0.335 e. The van der Waals surface area contributed by atoms with Crippen molar-refractivity contribution in [3.63, 3.8) is 0 Å². The number of carbonyl (C=O) groups is 1. The third-order valence-electron chi connectivity index (χ3n) is 4.85. The van der Waals surface area contributed by atoms with Crippen LogP contribution in [0.2, 0.25) is 0 Å². The van der Waals surface area contributed by atoms with Crippen LogP contribution in [0.25, 0.3) is 0 Å². The van der Waals surface area contributed by atoms with Crippen molar-refractivity contribution >= 4 is 5.91 Å². The second-order valence-corrected chi connectivity index (χ2v) is 6.59. The SMILES string of the molecule is NC1CCCCCC1C(=O)N(Cc1ccccc1)C1CC1. The highest BCUT2D eigenvalue weighted by molar-refractivity contribution is 5.80. The van der Waals surface area contributed by atoms with E-state index in [-0.39, 0.29) is 12.0 Å². The van der Waals surface area contributed by atoms with Gasteiger partial charge in [0.15, 0.2) is 0 Å². The summed E-state index contributed by atoms with van der Waals surface area (Å²) in [5, 5.41) is 0. The Bertz CT molecular complexity index is 469. The van der Waals surface area contributed by atoms with Gasteiger partial charge in [-0.25, -0.2) is 0 Å². The first-order valence-corrected chi connectivity index (χ1v) is 8.35. The lowest BCUT2D eigenvalue weighted by Crippen LogP contribution is -2.44. The van der Waals surface area contributed by atoms with Crippen LogP contribution in [0, 0.1) is 5.92 Å². The standard InChI is InChI=1S/C18H26N2O/c19-17-10-6-2-5-9-16(17)18(21)20(15-11-12-15)13-14-7-3-1-4-8-14/h1,3-4,7-8,15-17H,2,5-6,9-13,19H2. The monoisotopic (exact) mass is 286 g/mol. The van der Waals surface area contributed by atoms with E-state index >= 15 is 0 Å². The zero-order valence-electron chi connectivity index (χ0n) is 12.7. The van der Waals surface area contributed by atoms with Gasteiger partial charge in [0.05, 0.1) is 5.92 Å². The first-order chi connectivity index (χ1) is 10.3. The van der Waals surface area contributed by atoms with E-state index in [1.165, 1.54) is 18.4 Å². The summed E-state index contributed by atoms with van der Waals surface area (Å²) in [4.78, 5) is 15.1. The van der Waals surface area contributed by atoms with Crippen LogP contribution in [-0.2, 0) is 11.3 Å². The first-order valence-electron chi connectivity index (χ1n) is 8.35. The first kappa shape index (κ1) is 14.6. The minimum Gasteiger partial charge on any atom is -0.335 e. The summed E-state index contributed by atoms with van der Waals surface area (Å²) in [6.45, 7) is 0.744. The second-order valence-electron chi connectivity index (χ2n) is 6.59. The summed E-state index contributed by atoms with van der Waals surface area (Å²) in [5.41, 5.74) is 7.51. The Morgan fingerprint density at radius 3 is 2.48 bits per heavy atom. The summed E-state index contributed by atoms with van der Waals surface area (Å²) >= 11 is 0. The van der Waals surface area contributed by atoms with Crippen LogP contribution in [0.1, 0.15) is 50.5 Å². The van der Waals surface area contributed by atoms with Crippen molar-refractivity contribution in [3.8, 4) is 0 Å². The molecule has 0 heterocycles. The molecular formula is C18H26N2O. The lowest BCUT2D eigenvalue weighted by Gasteiger charge is -2.29. The maximum Gasteiger partial charge on any atom is 0.227 e. The molecule has 0 saturated heterocycles. The van der Waals surface area contributed by atoms with Gasteiger partial charge in [-0.3, -0.25) is 4.79 Å². The lowest BCUT2D eigenvalue weighted by molar-refractivity contribution is -0.137. The molecule has 1 amide bonds. The predicted molar refractivity (Wildman–Crippen MR) is 84.6 cm³/mol. The molecule has 2 aliphatic carbocycles. The predicted octanol–water partition coefficient (Wildman–Crippen LogP) is 3.09. The van der Waals surface area contributed by atoms with Crippen LogP contribution in [0.4, 0.5) is 0 Å². The molecule has 0 aliphatic heterocycles. The van der Waals surface area contributed by atoms with Crippen molar-refractivity contribution < 1.29 is 4.79 Å². The molecule has 3 nitrogen and oxygen atoms in total. The minimum absolute atomic E-state index is 0.0387. The number of carbonyl (C=O) groups excluding carboxylic acids is 1. The number of hydrogen-bond acceptors (Lipinski definition) is 2. The zero-order valence-corrected chi connectivity index (χ0v) is 12.7. The molecule has 2 N–H and O–H groups in total. The second kappa shape index (κ2) is 6.61. The fraction of sp³-hybridized carbons (Fsp3) is 0.611. The Morgan fingerprint density at radius 2 is 1.76 bits per heavy atom. The van der Waals surface area contributed by atoms with Crippen LogP contribution in [-0.4, -0.2) is 22.9 Å². The summed E-state index contributed by atoms with van der Waals surface area (Å²) in [6, 6.07) is 10.8. The van der Waals surface area contributed by atoms with Gasteiger partial charge in [0.25, 0.3) is 0 Å². The average Bonchev–Trinajstić information content (AvgIpc) is 3.33. The average molecular weight is 286 g/mol. The van der Waals surface area contributed by atoms with Crippen LogP contribution in [0.5, 0.6) is 0 Å². The topological polar surface area (TPSA) is 46.3 Å². The quantitative estimate of drug-likeness (QED) is 0.865. The summed E-state index contributed by atoms with van der Waals surface area (Å²) < 4.78 is 0. The van der Waals surface area contributed by atoms with Crippen molar-refractivity contribution in [2.24, 2.45) is 11.7 Å². The third kappa shape index (κ3) is 3.65. The summed E-state index contributed by atoms with van der Waals surface area (Å²) in [5.74, 6) is 0.340. The molecule has 21 heavy (non-hydrogen) atoms. The van der Waals surface area contributed by atoms with E-state index in [0.717, 1.165) is 38.6 Å². The maximum atomic E-state index is 13.0. The molecule has 2 atom stereocenters. The van der Waals surface area contributed by atoms with Crippen molar-refractivity contribution in [1.29, 1.82) is 0 Å². The van der Waals surface area contributed by atoms with Crippen molar-refractivity contribution in [2.75, 3.05) is 0 Å². The maximum absolute atomic E-state index is 13.0. The molecule has 1 aromatic rings. The van der Waals surface area contributed by atoms with Gasteiger partial charge in [0.1, 0.15) is 0 Å². The molecule has 1 aromatic carbocycles. The Labute approximate surface area is 127 Å². The van der Waals surface area contributed by atoms with Crippen molar-refractivity contribution in [3.05, 3.63) is 35.9 Å². The van der Waals surface area contributed by atoms with E-state index in [9.17, 15) is 4.79 Å². The van der Waals surface area contributed by atoms with Gasteiger partial charge in [-0.1, -0.05) is 49.6 Å². The van der Waals surface area contributed by atoms with Gasteiger partial charge in [0, 0.05) is 18.6 Å². The van der Waals surface area contributed by atoms with E-state index in [1.54, 1.807) is 0 Å². The normalized spacial score (nSPS) is 26.1. The van der Waals surface area contributed by atoms with Gasteiger partial charge in [0.2, 0.25) is 5.91 Å². The highest BCUT2D eigenvalue weighted by Gasteiger charge is 2.37. The molecule has 114 valence electrons. The Hall–Kier alpha value is -1.35. The fourth-order valence-corrected chi connectivity index (χ4v) is 3.41. The third-order valence-corrected chi connectivity index (χ3v) is 4.85. The van der Waals surface area contributed by atoms with Crippen molar-refractivity contribution in [2.45, 2.75) is 63.6 Å². The number of hydrogen-bond donors (Lipinski definition) is 1. The molecule has 0 spiro atoms. The van der Waals surface area contributed by atoms with E-state index < -0.39 is 0 Å². The number of benzene rings is 1. The molecule has 3 rings (SSSR count). The molecule has 2 fully saturated rings. The minimum atomic E-state index is 0.0387. The molecule has 2 aliphatic rings. The highest BCUT2D eigenvalue weighted by atomic mass is 16.2. The highest BCUT2D eigenvalue weighted by Crippen LogP contribution is 2.32. The van der Waals surface area contributed by atoms with Gasteiger partial charge in [-0.15, -0.1) is 0 Å². The summed E-state index contributed by atoms with van der Waals surface area (Å²) in [7, 11) is 0. The lowest BCUT2D eigenvalue weighted by atomic mass is 9.93. The van der Waals surface area contributed by atoms with Crippen LogP contribution in [0.3, 0.4) is 0 Å². The number of nitrogens with two attached hydrogens (primary N) is 1. The molecule has 0 bridgehead atoms. The van der Waals surface area contributed by atoms with E-state index in [1.807, 2.05) is 18.2 Å². The number of nitrogens with zero attached hydrogens (tertiary/aromatic N) is 1. The van der Waals surface area contributed by atoms with Crippen molar-refractivity contribution in [1.82, 2.24) is 4.90 Å². The van der Waals surface area contributed by atoms with E-state index in [2.05, 4.69) is 17.0 Å². The van der Waals surface area contributed by atoms with Crippen LogP contribution >= 0.6 is 0 Å². The number of rotatable bonds is 4. The molecule has 2 unspecified atom stereocenters. The Balaban J connectivity index is 1.72. The number of amides is 1. The fourth-order valence-electron chi connectivity index (χ4n) is 3.41.